The molecule has 0 saturated heterocycles. The lowest BCUT2D eigenvalue weighted by atomic mass is 9.96. The van der Waals surface area contributed by atoms with Crippen molar-refractivity contribution in [3.8, 4) is 11.8 Å². The van der Waals surface area contributed by atoms with Crippen LogP contribution in [0.3, 0.4) is 0 Å². The van der Waals surface area contributed by atoms with E-state index in [0.29, 0.717) is 16.7 Å². The van der Waals surface area contributed by atoms with Crippen LogP contribution in [0.4, 0.5) is 0 Å². The molecule has 10 nitrogen and oxygen atoms in total. The average molecular weight is 484 g/mol. The van der Waals surface area contributed by atoms with Gasteiger partial charge in [-0.1, -0.05) is 24.0 Å². The highest BCUT2D eigenvalue weighted by atomic mass is 16.5. The molecule has 0 aromatic heterocycles. The number of rotatable bonds is 9. The Morgan fingerprint density at radius 2 is 1.57 bits per heavy atom. The van der Waals surface area contributed by atoms with Gasteiger partial charge >= 0.3 is 0 Å². The zero-order valence-electron chi connectivity index (χ0n) is 19.7. The third-order valence-corrected chi connectivity index (χ3v) is 5.48. The minimum atomic E-state index is -1.97. The van der Waals surface area contributed by atoms with Crippen LogP contribution in [0, 0.1) is 11.8 Å². The number of amides is 3. The second-order valence-electron chi connectivity index (χ2n) is 7.72. The number of carbonyl (C=O) groups excluding carboxylic acids is 3. The molecule has 35 heavy (non-hydrogen) atoms. The fourth-order valence-electron chi connectivity index (χ4n) is 3.14. The van der Waals surface area contributed by atoms with Crippen LogP contribution in [-0.2, 0) is 14.3 Å². The van der Waals surface area contributed by atoms with Crippen molar-refractivity contribution >= 4 is 17.7 Å². The topological polar surface area (TPSA) is 148 Å². The molecule has 0 bridgehead atoms. The highest BCUT2D eigenvalue weighted by Gasteiger charge is 2.47. The summed E-state index contributed by atoms with van der Waals surface area (Å²) in [5.41, 5.74) is 1.70. The highest BCUT2D eigenvalue weighted by Crippen LogP contribution is 2.18. The summed E-state index contributed by atoms with van der Waals surface area (Å²) in [6.45, 7) is 1.36. The fourth-order valence-corrected chi connectivity index (χ4v) is 3.14. The molecule has 0 aliphatic carbocycles. The van der Waals surface area contributed by atoms with Crippen molar-refractivity contribution in [2.75, 3.05) is 33.9 Å². The molecule has 10 heteroatoms. The van der Waals surface area contributed by atoms with Crippen molar-refractivity contribution in [1.82, 2.24) is 15.7 Å². The van der Waals surface area contributed by atoms with Crippen molar-refractivity contribution in [3.63, 3.8) is 0 Å². The molecule has 0 heterocycles. The summed E-state index contributed by atoms with van der Waals surface area (Å²) in [6.07, 6.45) is -0.805. The van der Waals surface area contributed by atoms with Gasteiger partial charge in [0, 0.05) is 30.8 Å². The van der Waals surface area contributed by atoms with Crippen LogP contribution in [0.25, 0.3) is 0 Å². The number of hydroxylamine groups is 1. The maximum Gasteiger partial charge on any atom is 0.278 e. The molecule has 1 unspecified atom stereocenters. The lowest BCUT2D eigenvalue weighted by molar-refractivity contribution is -0.148. The summed E-state index contributed by atoms with van der Waals surface area (Å²) in [5.74, 6) is 3.56. The molecular weight excluding hydrogens is 454 g/mol. The molecule has 0 fully saturated rings. The Hall–Kier alpha value is -3.75. The quantitative estimate of drug-likeness (QED) is 0.113. The van der Waals surface area contributed by atoms with E-state index in [0.717, 1.165) is 4.90 Å². The number of benzene rings is 2. The van der Waals surface area contributed by atoms with Crippen LogP contribution in [0.5, 0.6) is 0 Å². The molecule has 2 atom stereocenters. The molecule has 0 radical (unpaired) electrons. The summed E-state index contributed by atoms with van der Waals surface area (Å²) < 4.78 is 5.12. The third kappa shape index (κ3) is 6.65. The highest BCUT2D eigenvalue weighted by molar-refractivity contribution is 6.12. The number of aliphatic hydroxyl groups is 2. The Labute approximate surface area is 203 Å². The van der Waals surface area contributed by atoms with Gasteiger partial charge in [0.2, 0.25) is 0 Å². The number of aliphatic hydroxyl groups excluding tert-OH is 2. The summed E-state index contributed by atoms with van der Waals surface area (Å²) >= 11 is 0. The van der Waals surface area contributed by atoms with Crippen molar-refractivity contribution in [2.24, 2.45) is 0 Å². The van der Waals surface area contributed by atoms with E-state index in [-0.39, 0.29) is 25.4 Å². The van der Waals surface area contributed by atoms with Gasteiger partial charge < -0.3 is 25.2 Å². The maximum absolute atomic E-state index is 12.9. The Morgan fingerprint density at radius 3 is 2.06 bits per heavy atom. The van der Waals surface area contributed by atoms with E-state index in [9.17, 15) is 19.5 Å². The number of nitrogens with zero attached hydrogens (tertiary/aromatic N) is 1. The molecule has 0 spiro atoms. The number of likely N-dealkylation sites (N-methyl/N-ethyl adjacent to an activating group) is 2. The first-order chi connectivity index (χ1) is 16.7. The van der Waals surface area contributed by atoms with Gasteiger partial charge in [-0.25, -0.2) is 5.48 Å². The lowest BCUT2D eigenvalue weighted by Crippen LogP contribution is -2.64. The average Bonchev–Trinajstić information content (AvgIpc) is 2.90. The van der Waals surface area contributed by atoms with Gasteiger partial charge in [-0.15, -0.1) is 0 Å². The minimum absolute atomic E-state index is 0.0821. The first-order valence-electron chi connectivity index (χ1n) is 10.7. The molecule has 3 amide bonds. The summed E-state index contributed by atoms with van der Waals surface area (Å²) in [6, 6.07) is 13.3. The normalized spacial score (nSPS) is 13.0. The van der Waals surface area contributed by atoms with Crippen molar-refractivity contribution in [3.05, 3.63) is 70.8 Å². The van der Waals surface area contributed by atoms with Crippen LogP contribution < -0.4 is 10.8 Å². The van der Waals surface area contributed by atoms with Crippen molar-refractivity contribution in [1.29, 1.82) is 0 Å². The van der Waals surface area contributed by atoms with Crippen LogP contribution in [-0.4, -0.2) is 77.5 Å². The van der Waals surface area contributed by atoms with E-state index >= 15 is 0 Å². The van der Waals surface area contributed by atoms with E-state index < -0.39 is 29.4 Å². The number of ether oxygens (including phenoxy) is 1. The smallest absolute Gasteiger partial charge is 0.278 e. The molecule has 5 N–H and O–H groups in total. The van der Waals surface area contributed by atoms with E-state index in [1.165, 1.54) is 38.6 Å². The summed E-state index contributed by atoms with van der Waals surface area (Å²) in [5, 5.41) is 30.1. The zero-order valence-corrected chi connectivity index (χ0v) is 19.7. The zero-order chi connectivity index (χ0) is 26.0. The summed E-state index contributed by atoms with van der Waals surface area (Å²) in [7, 11) is 2.61. The van der Waals surface area contributed by atoms with Gasteiger partial charge in [0.15, 0.2) is 5.54 Å². The Morgan fingerprint density at radius 1 is 1.03 bits per heavy atom. The Balaban J connectivity index is 2.12. The molecule has 2 rings (SSSR count). The van der Waals surface area contributed by atoms with Crippen molar-refractivity contribution < 1.29 is 34.5 Å². The molecule has 0 aliphatic rings. The Kier molecular flexibility index (Phi) is 9.93. The van der Waals surface area contributed by atoms with Gasteiger partial charge in [-0.05, 0) is 48.9 Å². The van der Waals surface area contributed by atoms with Gasteiger partial charge in [-0.2, -0.15) is 0 Å². The van der Waals surface area contributed by atoms with Gasteiger partial charge in [0.1, 0.15) is 6.10 Å². The van der Waals surface area contributed by atoms with E-state index in [1.54, 1.807) is 36.4 Å². The van der Waals surface area contributed by atoms with Crippen molar-refractivity contribution in [2.45, 2.75) is 18.6 Å². The molecule has 186 valence electrons. The first-order valence-corrected chi connectivity index (χ1v) is 10.7. The minimum Gasteiger partial charge on any atom is -0.394 e. The Bertz CT molecular complexity index is 1070. The number of hydrogen-bond acceptors (Lipinski definition) is 7. The first kappa shape index (κ1) is 27.5. The molecular formula is C25H29N3O7. The number of nitrogens with one attached hydrogen (secondary N) is 2. The summed E-state index contributed by atoms with van der Waals surface area (Å²) in [4.78, 5) is 38.3. The largest absolute Gasteiger partial charge is 0.394 e. The van der Waals surface area contributed by atoms with E-state index in [2.05, 4.69) is 17.2 Å². The molecule has 0 saturated carbocycles. The van der Waals surface area contributed by atoms with Crippen LogP contribution in [0.15, 0.2) is 48.5 Å². The maximum atomic E-state index is 12.9. The molecule has 0 aliphatic heterocycles. The van der Waals surface area contributed by atoms with E-state index in [4.69, 9.17) is 15.1 Å². The van der Waals surface area contributed by atoms with Gasteiger partial charge in [-0.3, -0.25) is 19.6 Å². The van der Waals surface area contributed by atoms with Crippen LogP contribution >= 0.6 is 0 Å². The molecule has 2 aromatic rings. The monoisotopic (exact) mass is 483 g/mol. The van der Waals surface area contributed by atoms with Gasteiger partial charge in [0.25, 0.3) is 17.7 Å². The third-order valence-electron chi connectivity index (χ3n) is 5.48. The van der Waals surface area contributed by atoms with Gasteiger partial charge in [0.05, 0.1) is 19.8 Å². The number of hydrogen-bond donors (Lipinski definition) is 5. The van der Waals surface area contributed by atoms with E-state index in [1.807, 2.05) is 0 Å². The second-order valence-corrected chi connectivity index (χ2v) is 7.72. The standard InChI is InChI=1S/C25H29N3O7/c1-25(23(32)26-2,24(33)27-34)28(3)22(31)20-12-8-18(9-13-20)5-4-17-6-10-19(11-7-17)21(30)16-35-15-14-29/h6-13,21,29-30,34H,14-16H2,1-3H3,(H,26,32)(H,27,33)/t21?,25-/m0/s1. The fraction of sp³-hybridized carbons (Fsp3) is 0.320. The SMILES string of the molecule is CNC(=O)[C@@](C)(C(=O)NO)N(C)C(=O)c1ccc(C#Cc2ccc(C(O)COCCO)cc2)cc1. The van der Waals surface area contributed by atoms with Crippen LogP contribution in [0.2, 0.25) is 0 Å². The predicted octanol–water partition coefficient (Wildman–Crippen LogP) is 0.211. The lowest BCUT2D eigenvalue weighted by Gasteiger charge is -2.34. The molecule has 2 aromatic carbocycles. The second kappa shape index (κ2) is 12.6. The predicted molar refractivity (Wildman–Crippen MR) is 126 cm³/mol. The van der Waals surface area contributed by atoms with Crippen LogP contribution in [0.1, 0.15) is 40.1 Å². The number of carbonyl (C=O) groups is 3.